The molecule has 28 heavy (non-hydrogen) atoms. The highest BCUT2D eigenvalue weighted by Gasteiger charge is 2.26. The first kappa shape index (κ1) is 18.9. The molecule has 0 bridgehead atoms. The van der Waals surface area contributed by atoms with Crippen LogP contribution in [0, 0.1) is 13.8 Å². The molecule has 7 nitrogen and oxygen atoms in total. The lowest BCUT2D eigenvalue weighted by Gasteiger charge is -2.27. The predicted octanol–water partition coefficient (Wildman–Crippen LogP) is 3.14. The minimum Gasteiger partial charge on any atom is -0.361 e. The summed E-state index contributed by atoms with van der Waals surface area (Å²) in [5, 5.41) is 13.3. The fourth-order valence-corrected chi connectivity index (χ4v) is 4.80. The van der Waals surface area contributed by atoms with Crippen LogP contribution in [0.1, 0.15) is 56.3 Å². The van der Waals surface area contributed by atoms with Crippen LogP contribution in [0.15, 0.2) is 22.3 Å². The molecular weight excluding hydrogens is 374 g/mol. The number of hydrogen-bond acceptors (Lipinski definition) is 6. The van der Waals surface area contributed by atoms with Crippen molar-refractivity contribution in [3.63, 3.8) is 0 Å². The van der Waals surface area contributed by atoms with E-state index in [9.17, 15) is 4.79 Å². The average molecular weight is 400 g/mol. The fourth-order valence-electron chi connectivity index (χ4n) is 3.68. The minimum absolute atomic E-state index is 0.00646. The second kappa shape index (κ2) is 7.52. The average Bonchev–Trinajstić information content (AvgIpc) is 3.36. The van der Waals surface area contributed by atoms with Crippen LogP contribution in [-0.4, -0.2) is 32.3 Å². The highest BCUT2D eigenvalue weighted by molar-refractivity contribution is 7.10. The van der Waals surface area contributed by atoms with Crippen LogP contribution >= 0.6 is 11.3 Å². The van der Waals surface area contributed by atoms with Crippen LogP contribution in [0.4, 0.5) is 0 Å². The Labute approximate surface area is 168 Å². The van der Waals surface area contributed by atoms with Gasteiger partial charge in [-0.25, -0.2) is 0 Å². The van der Waals surface area contributed by atoms with Gasteiger partial charge >= 0.3 is 0 Å². The van der Waals surface area contributed by atoms with E-state index in [1.54, 1.807) is 22.2 Å². The van der Waals surface area contributed by atoms with Crippen molar-refractivity contribution in [3.8, 4) is 0 Å². The second-order valence-corrected chi connectivity index (χ2v) is 8.42. The molecule has 0 aliphatic carbocycles. The van der Waals surface area contributed by atoms with Crippen LogP contribution in [0.5, 0.6) is 0 Å². The minimum atomic E-state index is -0.0728. The molecule has 0 radical (unpaired) electrons. The third kappa shape index (κ3) is 3.62. The van der Waals surface area contributed by atoms with Crippen molar-refractivity contribution in [2.45, 2.75) is 46.3 Å². The molecule has 1 unspecified atom stereocenters. The Morgan fingerprint density at radius 3 is 2.93 bits per heavy atom. The number of aryl methyl sites for hydroxylation is 3. The molecule has 1 atom stereocenters. The first-order chi connectivity index (χ1) is 13.4. The standard InChI is InChI=1S/C20H25N5O2S/c1-12(15-7-21-24(4)8-15)22-20(26)18-11-28-19-10-25(6-5-16(18)19)9-17-13(2)23-27-14(17)3/h7-8,11-12H,5-6,9-10H2,1-4H3,(H,22,26). The first-order valence-electron chi connectivity index (χ1n) is 9.45. The van der Waals surface area contributed by atoms with Gasteiger partial charge in [0.25, 0.3) is 5.91 Å². The van der Waals surface area contributed by atoms with E-state index in [2.05, 4.69) is 20.5 Å². The molecule has 4 heterocycles. The number of carbonyl (C=O) groups excluding carboxylic acids is 1. The molecule has 1 aliphatic rings. The number of thiophene rings is 1. The van der Waals surface area contributed by atoms with Crippen LogP contribution in [0.25, 0.3) is 0 Å². The van der Waals surface area contributed by atoms with Gasteiger partial charge in [-0.1, -0.05) is 5.16 Å². The molecule has 0 saturated heterocycles. The van der Waals surface area contributed by atoms with E-state index < -0.39 is 0 Å². The van der Waals surface area contributed by atoms with E-state index in [1.165, 1.54) is 16.0 Å². The molecule has 8 heteroatoms. The summed E-state index contributed by atoms with van der Waals surface area (Å²) in [6.45, 7) is 8.54. The highest BCUT2D eigenvalue weighted by Crippen LogP contribution is 2.30. The third-order valence-corrected chi connectivity index (χ3v) is 6.42. The quantitative estimate of drug-likeness (QED) is 0.713. The van der Waals surface area contributed by atoms with Gasteiger partial charge in [0.15, 0.2) is 0 Å². The van der Waals surface area contributed by atoms with E-state index in [0.717, 1.165) is 48.6 Å². The Morgan fingerprint density at radius 1 is 1.43 bits per heavy atom. The Hall–Kier alpha value is -2.45. The van der Waals surface area contributed by atoms with E-state index in [0.29, 0.717) is 0 Å². The number of nitrogens with zero attached hydrogens (tertiary/aromatic N) is 4. The van der Waals surface area contributed by atoms with Crippen LogP contribution < -0.4 is 5.32 Å². The monoisotopic (exact) mass is 399 g/mol. The summed E-state index contributed by atoms with van der Waals surface area (Å²) in [4.78, 5) is 16.5. The molecule has 148 valence electrons. The van der Waals surface area contributed by atoms with Crippen molar-refractivity contribution in [1.29, 1.82) is 0 Å². The number of nitrogens with one attached hydrogen (secondary N) is 1. The zero-order valence-corrected chi connectivity index (χ0v) is 17.5. The van der Waals surface area contributed by atoms with Gasteiger partial charge in [-0.15, -0.1) is 11.3 Å². The number of fused-ring (bicyclic) bond motifs is 1. The number of amides is 1. The lowest BCUT2D eigenvalue weighted by molar-refractivity contribution is 0.0938. The summed E-state index contributed by atoms with van der Waals surface area (Å²) in [7, 11) is 1.88. The molecule has 3 aromatic heterocycles. The topological polar surface area (TPSA) is 76.2 Å². The number of carbonyl (C=O) groups is 1. The maximum atomic E-state index is 12.8. The largest absolute Gasteiger partial charge is 0.361 e. The van der Waals surface area contributed by atoms with Gasteiger partial charge in [0.2, 0.25) is 0 Å². The molecule has 0 fully saturated rings. The molecule has 0 saturated carbocycles. The lowest BCUT2D eigenvalue weighted by atomic mass is 10.0. The summed E-state index contributed by atoms with van der Waals surface area (Å²) >= 11 is 1.67. The van der Waals surface area contributed by atoms with Crippen molar-refractivity contribution >= 4 is 17.2 Å². The Bertz CT molecular complexity index is 983. The van der Waals surface area contributed by atoms with E-state index in [4.69, 9.17) is 4.52 Å². The van der Waals surface area contributed by atoms with Crippen molar-refractivity contribution in [1.82, 2.24) is 25.2 Å². The van der Waals surface area contributed by atoms with Crippen LogP contribution in [-0.2, 0) is 26.6 Å². The Kier molecular flexibility index (Phi) is 5.07. The molecule has 1 N–H and O–H groups in total. The number of hydrogen-bond donors (Lipinski definition) is 1. The van der Waals surface area contributed by atoms with Crippen LogP contribution in [0.3, 0.4) is 0 Å². The van der Waals surface area contributed by atoms with Gasteiger partial charge in [-0.3, -0.25) is 14.4 Å². The smallest absolute Gasteiger partial charge is 0.252 e. The second-order valence-electron chi connectivity index (χ2n) is 7.46. The van der Waals surface area contributed by atoms with Crippen molar-refractivity contribution in [3.05, 3.63) is 56.4 Å². The van der Waals surface area contributed by atoms with Crippen LogP contribution in [0.2, 0.25) is 0 Å². The molecule has 1 amide bonds. The summed E-state index contributed by atoms with van der Waals surface area (Å²) < 4.78 is 7.03. The summed E-state index contributed by atoms with van der Waals surface area (Å²) in [6, 6.07) is -0.0728. The number of rotatable bonds is 5. The Balaban J connectivity index is 1.44. The SMILES string of the molecule is Cc1noc(C)c1CN1CCc2c(C(=O)NC(C)c3cnn(C)c3)csc2C1. The van der Waals surface area contributed by atoms with Gasteiger partial charge in [-0.2, -0.15) is 5.10 Å². The molecule has 0 spiro atoms. The molecule has 0 aromatic carbocycles. The Morgan fingerprint density at radius 2 is 2.25 bits per heavy atom. The van der Waals surface area contributed by atoms with Gasteiger partial charge in [0, 0.05) is 54.3 Å². The number of aromatic nitrogens is 3. The third-order valence-electron chi connectivity index (χ3n) is 5.41. The summed E-state index contributed by atoms with van der Waals surface area (Å²) in [5.41, 5.74) is 5.14. The van der Waals surface area contributed by atoms with Gasteiger partial charge in [0.05, 0.1) is 23.5 Å². The highest BCUT2D eigenvalue weighted by atomic mass is 32.1. The van der Waals surface area contributed by atoms with E-state index in [-0.39, 0.29) is 11.9 Å². The molecule has 4 rings (SSSR count). The summed E-state index contributed by atoms with van der Waals surface area (Å²) in [5.74, 6) is 0.881. The molecular formula is C20H25N5O2S. The van der Waals surface area contributed by atoms with Crippen molar-refractivity contribution in [2.24, 2.45) is 7.05 Å². The first-order valence-corrected chi connectivity index (χ1v) is 10.3. The van der Waals surface area contributed by atoms with E-state index in [1.807, 2.05) is 39.4 Å². The lowest BCUT2D eigenvalue weighted by Crippen LogP contribution is -2.32. The van der Waals surface area contributed by atoms with E-state index >= 15 is 0 Å². The maximum absolute atomic E-state index is 12.8. The van der Waals surface area contributed by atoms with Crippen molar-refractivity contribution in [2.75, 3.05) is 6.54 Å². The van der Waals surface area contributed by atoms with Gasteiger partial charge in [0.1, 0.15) is 5.76 Å². The normalized spacial score (nSPS) is 15.4. The maximum Gasteiger partial charge on any atom is 0.252 e. The zero-order chi connectivity index (χ0) is 19.8. The molecule has 1 aliphatic heterocycles. The fraction of sp³-hybridized carbons (Fsp3) is 0.450. The van der Waals surface area contributed by atoms with Crippen molar-refractivity contribution < 1.29 is 9.32 Å². The summed E-state index contributed by atoms with van der Waals surface area (Å²) in [6.07, 6.45) is 4.60. The van der Waals surface area contributed by atoms with Gasteiger partial charge < -0.3 is 9.84 Å². The van der Waals surface area contributed by atoms with Gasteiger partial charge in [-0.05, 0) is 32.8 Å². The zero-order valence-electron chi connectivity index (χ0n) is 16.7. The predicted molar refractivity (Wildman–Crippen MR) is 107 cm³/mol. The molecule has 3 aromatic rings.